The number of hydrogen-bond acceptors (Lipinski definition) is 3. The van der Waals surface area contributed by atoms with Crippen molar-refractivity contribution in [2.45, 2.75) is 32.6 Å². The molecule has 0 aromatic carbocycles. The van der Waals surface area contributed by atoms with E-state index in [1.54, 1.807) is 11.3 Å². The summed E-state index contributed by atoms with van der Waals surface area (Å²) in [5.41, 5.74) is 0. The van der Waals surface area contributed by atoms with Crippen LogP contribution in [0.3, 0.4) is 0 Å². The van der Waals surface area contributed by atoms with Crippen LogP contribution in [0.4, 0.5) is 0 Å². The SMILES string of the molecule is C[CH]CCC(C)c1cc2sc(C#N)cc2s1. The maximum atomic E-state index is 8.81. The summed E-state index contributed by atoms with van der Waals surface area (Å²) in [4.78, 5) is 2.27. The fourth-order valence-corrected chi connectivity index (χ4v) is 4.00. The summed E-state index contributed by atoms with van der Waals surface area (Å²) >= 11 is 3.44. The van der Waals surface area contributed by atoms with Crippen LogP contribution in [0, 0.1) is 17.8 Å². The lowest BCUT2D eigenvalue weighted by atomic mass is 10.0. The van der Waals surface area contributed by atoms with Crippen molar-refractivity contribution >= 4 is 32.1 Å². The molecule has 0 amide bonds. The monoisotopic (exact) mass is 248 g/mol. The summed E-state index contributed by atoms with van der Waals surface area (Å²) in [6, 6.07) is 6.47. The van der Waals surface area contributed by atoms with E-state index in [1.165, 1.54) is 27.1 Å². The molecule has 0 saturated heterocycles. The van der Waals surface area contributed by atoms with Crippen LogP contribution in [0.5, 0.6) is 0 Å². The van der Waals surface area contributed by atoms with Gasteiger partial charge < -0.3 is 0 Å². The van der Waals surface area contributed by atoms with Crippen LogP contribution < -0.4 is 0 Å². The fourth-order valence-electron chi connectivity index (χ4n) is 1.71. The summed E-state index contributed by atoms with van der Waals surface area (Å²) in [5, 5.41) is 8.81. The Kier molecular flexibility index (Phi) is 3.63. The van der Waals surface area contributed by atoms with E-state index < -0.39 is 0 Å². The molecule has 2 rings (SSSR count). The molecule has 0 N–H and O–H groups in total. The van der Waals surface area contributed by atoms with Crippen molar-refractivity contribution in [2.24, 2.45) is 0 Å². The number of hydrogen-bond donors (Lipinski definition) is 0. The van der Waals surface area contributed by atoms with E-state index in [1.807, 2.05) is 17.4 Å². The first-order valence-corrected chi connectivity index (χ1v) is 7.09. The summed E-state index contributed by atoms with van der Waals surface area (Å²) in [6.45, 7) is 4.39. The second kappa shape index (κ2) is 4.99. The Hall–Kier alpha value is -0.850. The molecular weight excluding hydrogens is 234 g/mol. The third kappa shape index (κ3) is 2.28. The van der Waals surface area contributed by atoms with Gasteiger partial charge in [-0.2, -0.15) is 5.26 Å². The van der Waals surface area contributed by atoms with E-state index in [0.717, 1.165) is 4.88 Å². The molecule has 0 fully saturated rings. The predicted octanol–water partition coefficient (Wildman–Crippen LogP) is 4.94. The van der Waals surface area contributed by atoms with Gasteiger partial charge in [0.15, 0.2) is 0 Å². The highest BCUT2D eigenvalue weighted by Crippen LogP contribution is 2.37. The van der Waals surface area contributed by atoms with E-state index in [0.29, 0.717) is 5.92 Å². The highest BCUT2D eigenvalue weighted by atomic mass is 32.1. The van der Waals surface area contributed by atoms with Gasteiger partial charge in [-0.1, -0.05) is 13.8 Å². The molecule has 0 spiro atoms. The molecule has 2 heterocycles. The summed E-state index contributed by atoms with van der Waals surface area (Å²) in [7, 11) is 0. The van der Waals surface area contributed by atoms with Crippen molar-refractivity contribution in [1.29, 1.82) is 5.26 Å². The first-order chi connectivity index (χ1) is 7.74. The van der Waals surface area contributed by atoms with Gasteiger partial charge in [-0.15, -0.1) is 22.7 Å². The quantitative estimate of drug-likeness (QED) is 0.751. The maximum Gasteiger partial charge on any atom is 0.110 e. The van der Waals surface area contributed by atoms with Crippen LogP contribution in [0.25, 0.3) is 9.40 Å². The zero-order chi connectivity index (χ0) is 11.5. The molecule has 0 saturated carbocycles. The van der Waals surface area contributed by atoms with E-state index in [9.17, 15) is 0 Å². The lowest BCUT2D eigenvalue weighted by molar-refractivity contribution is 0.684. The molecule has 1 atom stereocenters. The molecule has 1 unspecified atom stereocenters. The van der Waals surface area contributed by atoms with Crippen molar-refractivity contribution < 1.29 is 0 Å². The smallest absolute Gasteiger partial charge is 0.110 e. The number of fused-ring (bicyclic) bond motifs is 1. The van der Waals surface area contributed by atoms with Gasteiger partial charge >= 0.3 is 0 Å². The van der Waals surface area contributed by atoms with Crippen molar-refractivity contribution in [3.63, 3.8) is 0 Å². The first kappa shape index (κ1) is 11.6. The lowest BCUT2D eigenvalue weighted by Crippen LogP contribution is -1.89. The number of thiophene rings is 2. The molecule has 0 bridgehead atoms. The van der Waals surface area contributed by atoms with Gasteiger partial charge in [-0.05, 0) is 37.3 Å². The maximum absolute atomic E-state index is 8.81. The van der Waals surface area contributed by atoms with E-state index in [2.05, 4.69) is 32.4 Å². The van der Waals surface area contributed by atoms with Crippen LogP contribution in [0.2, 0.25) is 0 Å². The van der Waals surface area contributed by atoms with E-state index in [4.69, 9.17) is 5.26 Å². The van der Waals surface area contributed by atoms with Crippen molar-refractivity contribution in [1.82, 2.24) is 0 Å². The molecule has 1 nitrogen and oxygen atoms in total. The van der Waals surface area contributed by atoms with Gasteiger partial charge in [0.1, 0.15) is 10.9 Å². The Bertz CT molecular complexity index is 484. The Labute approximate surface area is 104 Å². The van der Waals surface area contributed by atoms with Gasteiger partial charge in [-0.25, -0.2) is 0 Å². The van der Waals surface area contributed by atoms with E-state index >= 15 is 0 Å². The first-order valence-electron chi connectivity index (χ1n) is 5.45. The zero-order valence-electron chi connectivity index (χ0n) is 9.49. The van der Waals surface area contributed by atoms with Crippen LogP contribution in [0.1, 0.15) is 42.4 Å². The Morgan fingerprint density at radius 3 is 2.75 bits per heavy atom. The molecular formula is C13H14NS2. The minimum atomic E-state index is 0.631. The third-order valence-corrected chi connectivity index (χ3v) is 5.14. The molecule has 1 radical (unpaired) electrons. The van der Waals surface area contributed by atoms with Gasteiger partial charge in [0.25, 0.3) is 0 Å². The average Bonchev–Trinajstić information content (AvgIpc) is 2.82. The number of nitriles is 1. The number of rotatable bonds is 4. The number of nitrogens with zero attached hydrogens (tertiary/aromatic N) is 1. The van der Waals surface area contributed by atoms with Crippen LogP contribution >= 0.6 is 22.7 Å². The standard InChI is InChI=1S/C13H14NS2/c1-3-4-5-9(2)11-7-13-12(16-11)6-10(8-14)15-13/h3,6-7,9H,4-5H2,1-2H3. The molecule has 0 aliphatic carbocycles. The minimum absolute atomic E-state index is 0.631. The van der Waals surface area contributed by atoms with Crippen molar-refractivity contribution in [2.75, 3.05) is 0 Å². The Morgan fingerprint density at radius 1 is 1.38 bits per heavy atom. The molecule has 2 aromatic heterocycles. The van der Waals surface area contributed by atoms with Crippen molar-refractivity contribution in [3.05, 3.63) is 28.3 Å². The van der Waals surface area contributed by atoms with Crippen molar-refractivity contribution in [3.8, 4) is 6.07 Å². The van der Waals surface area contributed by atoms with Gasteiger partial charge in [0.05, 0.1) is 0 Å². The topological polar surface area (TPSA) is 23.8 Å². The van der Waals surface area contributed by atoms with Gasteiger partial charge in [0.2, 0.25) is 0 Å². The number of unbranched alkanes of at least 4 members (excludes halogenated alkanes) is 1. The largest absolute Gasteiger partial charge is 0.192 e. The van der Waals surface area contributed by atoms with Gasteiger partial charge in [0, 0.05) is 14.3 Å². The highest BCUT2D eigenvalue weighted by molar-refractivity contribution is 7.28. The normalized spacial score (nSPS) is 12.8. The zero-order valence-corrected chi connectivity index (χ0v) is 11.1. The Morgan fingerprint density at radius 2 is 2.12 bits per heavy atom. The predicted molar refractivity (Wildman–Crippen MR) is 72.0 cm³/mol. The van der Waals surface area contributed by atoms with Crippen LogP contribution in [-0.4, -0.2) is 0 Å². The molecule has 3 heteroatoms. The van der Waals surface area contributed by atoms with Crippen LogP contribution in [0.15, 0.2) is 12.1 Å². The average molecular weight is 248 g/mol. The van der Waals surface area contributed by atoms with Gasteiger partial charge in [-0.3, -0.25) is 0 Å². The second-order valence-corrected chi connectivity index (χ2v) is 6.19. The lowest BCUT2D eigenvalue weighted by Gasteiger charge is -2.06. The highest BCUT2D eigenvalue weighted by Gasteiger charge is 2.11. The van der Waals surface area contributed by atoms with Crippen LogP contribution in [-0.2, 0) is 0 Å². The summed E-state index contributed by atoms with van der Waals surface area (Å²) < 4.78 is 2.53. The Balaban J connectivity index is 2.20. The second-order valence-electron chi connectivity index (χ2n) is 3.99. The molecule has 0 aliphatic rings. The summed E-state index contributed by atoms with van der Waals surface area (Å²) in [6.07, 6.45) is 4.62. The molecule has 2 aromatic rings. The summed E-state index contributed by atoms with van der Waals surface area (Å²) in [5.74, 6) is 0.631. The molecule has 0 aliphatic heterocycles. The fraction of sp³-hybridized carbons (Fsp3) is 0.385. The third-order valence-electron chi connectivity index (χ3n) is 2.71. The van der Waals surface area contributed by atoms with E-state index in [-0.39, 0.29) is 0 Å². The minimum Gasteiger partial charge on any atom is -0.192 e. The molecule has 16 heavy (non-hydrogen) atoms. The molecule has 83 valence electrons.